The molecule has 1 aliphatic heterocycles. The molecule has 100 valence electrons. The lowest BCUT2D eigenvalue weighted by atomic mass is 9.95. The monoisotopic (exact) mass is 258 g/mol. The summed E-state index contributed by atoms with van der Waals surface area (Å²) in [7, 11) is 0. The fraction of sp³-hybridized carbons (Fsp3) is 0.467. The van der Waals surface area contributed by atoms with Crippen molar-refractivity contribution in [1.82, 2.24) is 9.97 Å². The minimum Gasteiger partial charge on any atom is -0.381 e. The van der Waals surface area contributed by atoms with E-state index in [-0.39, 0.29) is 5.56 Å². The van der Waals surface area contributed by atoms with Crippen molar-refractivity contribution < 1.29 is 4.74 Å². The Morgan fingerprint density at radius 2 is 2.05 bits per heavy atom. The Hall–Kier alpha value is -1.68. The Kier molecular flexibility index (Phi) is 3.60. The molecule has 1 saturated heterocycles. The van der Waals surface area contributed by atoms with Gasteiger partial charge in [-0.3, -0.25) is 4.79 Å². The zero-order chi connectivity index (χ0) is 13.1. The third-order valence-electron chi connectivity index (χ3n) is 3.79. The van der Waals surface area contributed by atoms with Gasteiger partial charge in [0.05, 0.1) is 10.9 Å². The van der Waals surface area contributed by atoms with Crippen LogP contribution in [0.5, 0.6) is 0 Å². The summed E-state index contributed by atoms with van der Waals surface area (Å²) >= 11 is 0. The van der Waals surface area contributed by atoms with Gasteiger partial charge in [-0.2, -0.15) is 0 Å². The van der Waals surface area contributed by atoms with Crippen LogP contribution in [0.15, 0.2) is 29.1 Å². The number of benzene rings is 1. The van der Waals surface area contributed by atoms with Gasteiger partial charge in [0, 0.05) is 19.6 Å². The first kappa shape index (κ1) is 12.4. The lowest BCUT2D eigenvalue weighted by molar-refractivity contribution is 0.0639. The van der Waals surface area contributed by atoms with E-state index in [9.17, 15) is 4.79 Å². The summed E-state index contributed by atoms with van der Waals surface area (Å²) in [6.45, 7) is 1.73. The van der Waals surface area contributed by atoms with Crippen LogP contribution in [0.25, 0.3) is 10.9 Å². The minimum absolute atomic E-state index is 0.0347. The van der Waals surface area contributed by atoms with E-state index < -0.39 is 0 Å². The smallest absolute Gasteiger partial charge is 0.258 e. The molecule has 1 fully saturated rings. The van der Waals surface area contributed by atoms with Crippen molar-refractivity contribution in [3.63, 3.8) is 0 Å². The van der Waals surface area contributed by atoms with Gasteiger partial charge in [0.25, 0.3) is 5.56 Å². The third kappa shape index (κ3) is 2.84. The Labute approximate surface area is 111 Å². The van der Waals surface area contributed by atoms with Gasteiger partial charge in [-0.05, 0) is 37.3 Å². The second-order valence-corrected chi connectivity index (χ2v) is 5.12. The van der Waals surface area contributed by atoms with Crippen molar-refractivity contribution >= 4 is 10.9 Å². The van der Waals surface area contributed by atoms with Crippen LogP contribution in [0.4, 0.5) is 0 Å². The highest BCUT2D eigenvalue weighted by Crippen LogP contribution is 2.20. The molecular weight excluding hydrogens is 240 g/mol. The zero-order valence-corrected chi connectivity index (χ0v) is 10.9. The summed E-state index contributed by atoms with van der Waals surface area (Å²) in [5, 5.41) is 0.664. The van der Waals surface area contributed by atoms with Gasteiger partial charge in [-0.15, -0.1) is 0 Å². The molecule has 2 aromatic rings. The van der Waals surface area contributed by atoms with E-state index in [0.717, 1.165) is 50.2 Å². The fourth-order valence-corrected chi connectivity index (χ4v) is 2.63. The normalized spacial score (nSPS) is 16.8. The standard InChI is InChI=1S/C15H18N2O2/c18-15-12-3-1-2-4-13(12)16-14(17-15)6-5-11-7-9-19-10-8-11/h1-4,11H,5-10H2,(H,16,17,18). The number of H-pyrrole nitrogens is 1. The van der Waals surface area contributed by atoms with E-state index in [4.69, 9.17) is 4.74 Å². The topological polar surface area (TPSA) is 55.0 Å². The highest BCUT2D eigenvalue weighted by Gasteiger charge is 2.14. The second-order valence-electron chi connectivity index (χ2n) is 5.12. The molecule has 19 heavy (non-hydrogen) atoms. The molecule has 0 bridgehead atoms. The van der Waals surface area contributed by atoms with E-state index in [1.165, 1.54) is 0 Å². The van der Waals surface area contributed by atoms with Crippen molar-refractivity contribution in [2.24, 2.45) is 5.92 Å². The largest absolute Gasteiger partial charge is 0.381 e. The van der Waals surface area contributed by atoms with Crippen molar-refractivity contribution in [1.29, 1.82) is 0 Å². The van der Waals surface area contributed by atoms with Crippen LogP contribution in [0.3, 0.4) is 0 Å². The molecule has 1 aromatic carbocycles. The SMILES string of the molecule is O=c1[nH]c(CCC2CCOCC2)nc2ccccc12. The second kappa shape index (κ2) is 5.53. The van der Waals surface area contributed by atoms with Crippen molar-refractivity contribution in [3.05, 3.63) is 40.4 Å². The molecule has 1 aromatic heterocycles. The van der Waals surface area contributed by atoms with Gasteiger partial charge in [0.2, 0.25) is 0 Å². The summed E-state index contributed by atoms with van der Waals surface area (Å²) < 4.78 is 5.36. The fourth-order valence-electron chi connectivity index (χ4n) is 2.63. The van der Waals surface area contributed by atoms with E-state index in [0.29, 0.717) is 11.3 Å². The van der Waals surface area contributed by atoms with Crippen LogP contribution in [0.2, 0.25) is 0 Å². The van der Waals surface area contributed by atoms with Crippen molar-refractivity contribution in [3.8, 4) is 0 Å². The summed E-state index contributed by atoms with van der Waals surface area (Å²) in [4.78, 5) is 19.4. The molecule has 4 heteroatoms. The molecule has 0 amide bonds. The predicted octanol–water partition coefficient (Wildman–Crippen LogP) is 2.28. The lowest BCUT2D eigenvalue weighted by Crippen LogP contribution is -2.18. The highest BCUT2D eigenvalue weighted by molar-refractivity contribution is 5.77. The van der Waals surface area contributed by atoms with Crippen LogP contribution in [-0.2, 0) is 11.2 Å². The molecule has 0 atom stereocenters. The molecule has 0 radical (unpaired) electrons. The molecule has 3 rings (SSSR count). The van der Waals surface area contributed by atoms with Crippen LogP contribution < -0.4 is 5.56 Å². The number of hydrogen-bond acceptors (Lipinski definition) is 3. The third-order valence-corrected chi connectivity index (χ3v) is 3.79. The first-order chi connectivity index (χ1) is 9.33. The maximum absolute atomic E-state index is 11.9. The summed E-state index contributed by atoms with van der Waals surface area (Å²) in [6.07, 6.45) is 4.16. The average Bonchev–Trinajstić information content (AvgIpc) is 2.46. The number of ether oxygens (including phenoxy) is 1. The number of rotatable bonds is 3. The van der Waals surface area contributed by atoms with Gasteiger partial charge in [0.15, 0.2) is 0 Å². The predicted molar refractivity (Wildman–Crippen MR) is 74.2 cm³/mol. The van der Waals surface area contributed by atoms with E-state index in [1.54, 1.807) is 0 Å². The van der Waals surface area contributed by atoms with E-state index in [2.05, 4.69) is 9.97 Å². The Bertz CT molecular complexity index is 615. The molecule has 0 aliphatic carbocycles. The average molecular weight is 258 g/mol. The molecule has 0 unspecified atom stereocenters. The molecule has 0 saturated carbocycles. The first-order valence-corrected chi connectivity index (χ1v) is 6.88. The van der Waals surface area contributed by atoms with Crippen LogP contribution in [0.1, 0.15) is 25.1 Å². The van der Waals surface area contributed by atoms with E-state index >= 15 is 0 Å². The molecule has 1 aliphatic rings. The van der Waals surface area contributed by atoms with Crippen molar-refractivity contribution in [2.45, 2.75) is 25.7 Å². The lowest BCUT2D eigenvalue weighted by Gasteiger charge is -2.21. The molecule has 2 heterocycles. The van der Waals surface area contributed by atoms with Crippen LogP contribution in [0, 0.1) is 5.92 Å². The highest BCUT2D eigenvalue weighted by atomic mass is 16.5. The zero-order valence-electron chi connectivity index (χ0n) is 10.9. The Morgan fingerprint density at radius 3 is 2.89 bits per heavy atom. The number of aromatic nitrogens is 2. The minimum atomic E-state index is -0.0347. The number of nitrogens with one attached hydrogen (secondary N) is 1. The van der Waals surface area contributed by atoms with Gasteiger partial charge >= 0.3 is 0 Å². The van der Waals surface area contributed by atoms with Gasteiger partial charge in [0.1, 0.15) is 5.82 Å². The number of nitrogens with zero attached hydrogens (tertiary/aromatic N) is 1. The summed E-state index contributed by atoms with van der Waals surface area (Å²) in [5.74, 6) is 1.50. The number of aryl methyl sites for hydroxylation is 1. The first-order valence-electron chi connectivity index (χ1n) is 6.88. The molecule has 0 spiro atoms. The molecule has 1 N–H and O–H groups in total. The summed E-state index contributed by atoms with van der Waals surface area (Å²) in [6, 6.07) is 7.48. The summed E-state index contributed by atoms with van der Waals surface area (Å²) in [5.41, 5.74) is 0.751. The maximum atomic E-state index is 11.9. The number of hydrogen-bond donors (Lipinski definition) is 1. The van der Waals surface area contributed by atoms with Gasteiger partial charge in [-0.25, -0.2) is 4.98 Å². The van der Waals surface area contributed by atoms with Crippen LogP contribution >= 0.6 is 0 Å². The number of fused-ring (bicyclic) bond motifs is 1. The Morgan fingerprint density at radius 1 is 1.26 bits per heavy atom. The molecule has 4 nitrogen and oxygen atoms in total. The number of para-hydroxylation sites is 1. The quantitative estimate of drug-likeness (QED) is 0.919. The van der Waals surface area contributed by atoms with Crippen LogP contribution in [-0.4, -0.2) is 23.2 Å². The van der Waals surface area contributed by atoms with Gasteiger partial charge in [-0.1, -0.05) is 12.1 Å². The van der Waals surface area contributed by atoms with Gasteiger partial charge < -0.3 is 9.72 Å². The number of aromatic amines is 1. The maximum Gasteiger partial charge on any atom is 0.258 e. The molecular formula is C15H18N2O2. The van der Waals surface area contributed by atoms with E-state index in [1.807, 2.05) is 24.3 Å². The Balaban J connectivity index is 1.75. The van der Waals surface area contributed by atoms with Crippen molar-refractivity contribution in [2.75, 3.05) is 13.2 Å².